The number of hydrogen-bond acceptors (Lipinski definition) is 7. The van der Waals surface area contributed by atoms with Gasteiger partial charge in [0.1, 0.15) is 28.8 Å². The number of fused-ring (bicyclic) bond motifs is 1. The average Bonchev–Trinajstić information content (AvgIpc) is 3.50. The number of furan rings is 1. The Morgan fingerprint density at radius 1 is 1.50 bits per heavy atom. The van der Waals surface area contributed by atoms with Crippen molar-refractivity contribution >= 4 is 34.4 Å². The summed E-state index contributed by atoms with van der Waals surface area (Å²) >= 11 is 1.35. The number of alkyl carbamates (subject to hydrolysis) is 1. The standard InChI is InChI=1S/C22H21N5O4S/c1-27-9-8-24-19(27)13-25-22(29)31-15-4-6-16-17(12-23)21(32-18(16)11-15)26-20(28)7-5-14-3-2-10-30-14/h2-3,5,7-10,15H,4,6,11,13H2,1H3,(H,25,29)(H,26,28). The summed E-state index contributed by atoms with van der Waals surface area (Å²) < 4.78 is 12.5. The molecule has 1 unspecified atom stereocenters. The van der Waals surface area contributed by atoms with Gasteiger partial charge < -0.3 is 24.4 Å². The van der Waals surface area contributed by atoms with Crippen LogP contribution >= 0.6 is 11.3 Å². The molecule has 3 heterocycles. The Morgan fingerprint density at radius 3 is 3.09 bits per heavy atom. The van der Waals surface area contributed by atoms with Crippen molar-refractivity contribution in [2.24, 2.45) is 7.05 Å². The Hall–Kier alpha value is -3.84. The molecule has 0 spiro atoms. The molecule has 1 aliphatic rings. The number of thiophene rings is 1. The minimum absolute atomic E-state index is 0.277. The van der Waals surface area contributed by atoms with Crippen molar-refractivity contribution in [2.75, 3.05) is 5.32 Å². The molecule has 0 aromatic carbocycles. The topological polar surface area (TPSA) is 122 Å². The predicted molar refractivity (Wildman–Crippen MR) is 118 cm³/mol. The van der Waals surface area contributed by atoms with E-state index in [9.17, 15) is 14.9 Å². The molecule has 2 amide bonds. The Bertz CT molecular complexity index is 1190. The summed E-state index contributed by atoms with van der Waals surface area (Å²) in [5.41, 5.74) is 1.39. The van der Waals surface area contributed by atoms with Crippen LogP contribution in [0.1, 0.15) is 34.0 Å². The highest BCUT2D eigenvalue weighted by Gasteiger charge is 2.28. The highest BCUT2D eigenvalue weighted by Crippen LogP contribution is 2.38. The van der Waals surface area contributed by atoms with Crippen molar-refractivity contribution in [2.45, 2.75) is 31.9 Å². The number of aromatic nitrogens is 2. The summed E-state index contributed by atoms with van der Waals surface area (Å²) in [5, 5.41) is 15.6. The maximum Gasteiger partial charge on any atom is 0.407 e. The van der Waals surface area contributed by atoms with Crippen molar-refractivity contribution in [3.8, 4) is 6.07 Å². The third kappa shape index (κ3) is 4.90. The highest BCUT2D eigenvalue weighted by atomic mass is 32.1. The Labute approximate surface area is 188 Å². The number of imidazole rings is 1. The van der Waals surface area contributed by atoms with Gasteiger partial charge in [-0.3, -0.25) is 4.79 Å². The van der Waals surface area contributed by atoms with E-state index in [-0.39, 0.29) is 18.6 Å². The number of nitriles is 1. The molecule has 2 N–H and O–H groups in total. The van der Waals surface area contributed by atoms with Gasteiger partial charge in [-0.25, -0.2) is 9.78 Å². The normalized spacial score (nSPS) is 15.2. The van der Waals surface area contributed by atoms with E-state index in [0.717, 1.165) is 16.3 Å². The van der Waals surface area contributed by atoms with Crippen LogP contribution in [0, 0.1) is 11.3 Å². The van der Waals surface area contributed by atoms with E-state index < -0.39 is 6.09 Å². The van der Waals surface area contributed by atoms with Crippen LogP contribution < -0.4 is 10.6 Å². The number of anilines is 1. The van der Waals surface area contributed by atoms with E-state index in [4.69, 9.17) is 9.15 Å². The van der Waals surface area contributed by atoms with Crippen molar-refractivity contribution < 1.29 is 18.7 Å². The van der Waals surface area contributed by atoms with Gasteiger partial charge in [0.25, 0.3) is 0 Å². The van der Waals surface area contributed by atoms with Crippen LogP contribution in [0.2, 0.25) is 0 Å². The number of hydrogen-bond donors (Lipinski definition) is 2. The van der Waals surface area contributed by atoms with Crippen LogP contribution in [0.15, 0.2) is 41.3 Å². The van der Waals surface area contributed by atoms with Crippen molar-refractivity contribution in [1.82, 2.24) is 14.9 Å². The largest absolute Gasteiger partial charge is 0.465 e. The van der Waals surface area contributed by atoms with E-state index in [0.29, 0.717) is 35.6 Å². The van der Waals surface area contributed by atoms with E-state index in [1.165, 1.54) is 23.7 Å². The fourth-order valence-corrected chi connectivity index (χ4v) is 4.74. The fourth-order valence-electron chi connectivity index (χ4n) is 3.47. The number of nitrogens with zero attached hydrogens (tertiary/aromatic N) is 3. The van der Waals surface area contributed by atoms with Gasteiger partial charge in [-0.2, -0.15) is 5.26 Å². The minimum atomic E-state index is -0.505. The van der Waals surface area contributed by atoms with Crippen LogP contribution in [0.3, 0.4) is 0 Å². The first-order chi connectivity index (χ1) is 15.5. The first-order valence-electron chi connectivity index (χ1n) is 10.0. The molecule has 164 valence electrons. The van der Waals surface area contributed by atoms with Crippen molar-refractivity contribution in [1.29, 1.82) is 5.26 Å². The molecule has 4 rings (SSSR count). The molecular weight excluding hydrogens is 430 g/mol. The smallest absolute Gasteiger partial charge is 0.407 e. The molecule has 0 saturated carbocycles. The van der Waals surface area contributed by atoms with Gasteiger partial charge in [0.15, 0.2) is 0 Å². The second-order valence-corrected chi connectivity index (χ2v) is 8.34. The number of carbonyl (C=O) groups is 2. The van der Waals surface area contributed by atoms with Gasteiger partial charge in [0.05, 0.1) is 18.4 Å². The van der Waals surface area contributed by atoms with E-state index in [1.54, 1.807) is 30.6 Å². The summed E-state index contributed by atoms with van der Waals surface area (Å²) in [6.45, 7) is 0.277. The summed E-state index contributed by atoms with van der Waals surface area (Å²) in [5.74, 6) is 0.941. The summed E-state index contributed by atoms with van der Waals surface area (Å²) in [4.78, 5) is 29.5. The van der Waals surface area contributed by atoms with E-state index >= 15 is 0 Å². The van der Waals surface area contributed by atoms with Gasteiger partial charge in [-0.05, 0) is 36.6 Å². The van der Waals surface area contributed by atoms with Crippen LogP contribution in [-0.2, 0) is 36.0 Å². The Balaban J connectivity index is 1.36. The van der Waals surface area contributed by atoms with Crippen molar-refractivity contribution in [3.63, 3.8) is 0 Å². The Morgan fingerprint density at radius 2 is 2.38 bits per heavy atom. The lowest BCUT2D eigenvalue weighted by Gasteiger charge is -2.22. The number of aryl methyl sites for hydroxylation is 1. The van der Waals surface area contributed by atoms with Crippen LogP contribution in [0.5, 0.6) is 0 Å². The monoisotopic (exact) mass is 451 g/mol. The first-order valence-corrected chi connectivity index (χ1v) is 10.8. The maximum atomic E-state index is 12.3. The molecule has 3 aromatic heterocycles. The highest BCUT2D eigenvalue weighted by molar-refractivity contribution is 7.16. The number of rotatable bonds is 6. The zero-order valence-electron chi connectivity index (χ0n) is 17.3. The second kappa shape index (κ2) is 9.53. The van der Waals surface area contributed by atoms with E-state index in [1.807, 2.05) is 11.6 Å². The predicted octanol–water partition coefficient (Wildman–Crippen LogP) is 3.38. The first kappa shape index (κ1) is 21.4. The van der Waals surface area contributed by atoms with Crippen LogP contribution in [0.25, 0.3) is 6.08 Å². The van der Waals surface area contributed by atoms with Gasteiger partial charge >= 0.3 is 6.09 Å². The molecule has 1 aliphatic carbocycles. The zero-order valence-corrected chi connectivity index (χ0v) is 18.1. The maximum absolute atomic E-state index is 12.3. The molecule has 32 heavy (non-hydrogen) atoms. The lowest BCUT2D eigenvalue weighted by Crippen LogP contribution is -2.32. The quantitative estimate of drug-likeness (QED) is 0.554. The summed E-state index contributed by atoms with van der Waals surface area (Å²) in [7, 11) is 1.85. The molecule has 1 atom stereocenters. The number of ether oxygens (including phenoxy) is 1. The average molecular weight is 452 g/mol. The molecule has 0 fully saturated rings. The summed E-state index contributed by atoms with van der Waals surface area (Å²) in [6, 6.07) is 5.67. The number of carbonyl (C=O) groups excluding carboxylic acids is 2. The molecule has 9 nitrogen and oxygen atoms in total. The lowest BCUT2D eigenvalue weighted by atomic mass is 9.94. The molecule has 0 bridgehead atoms. The second-order valence-electron chi connectivity index (χ2n) is 7.24. The van der Waals surface area contributed by atoms with Gasteiger partial charge in [0.2, 0.25) is 5.91 Å². The minimum Gasteiger partial charge on any atom is -0.465 e. The lowest BCUT2D eigenvalue weighted by molar-refractivity contribution is -0.111. The Kier molecular flexibility index (Phi) is 6.37. The number of nitrogens with one attached hydrogen (secondary N) is 2. The molecule has 0 radical (unpaired) electrons. The van der Waals surface area contributed by atoms with Gasteiger partial charge in [-0.1, -0.05) is 0 Å². The van der Waals surface area contributed by atoms with E-state index in [2.05, 4.69) is 21.7 Å². The fraction of sp³-hybridized carbons (Fsp3) is 0.273. The molecule has 0 saturated heterocycles. The van der Waals surface area contributed by atoms with Crippen LogP contribution in [0.4, 0.5) is 9.80 Å². The molecule has 10 heteroatoms. The molecule has 3 aromatic rings. The van der Waals surface area contributed by atoms with Gasteiger partial charge in [-0.15, -0.1) is 11.3 Å². The SMILES string of the molecule is Cn1ccnc1CNC(=O)OC1CCc2c(sc(NC(=O)C=Cc3ccco3)c2C#N)C1. The third-order valence-corrected chi connectivity index (χ3v) is 6.27. The summed E-state index contributed by atoms with van der Waals surface area (Å²) in [6.07, 6.45) is 8.82. The van der Waals surface area contributed by atoms with Crippen molar-refractivity contribution in [3.05, 3.63) is 64.5 Å². The third-order valence-electron chi connectivity index (χ3n) is 5.10. The van der Waals surface area contributed by atoms with Gasteiger partial charge in [0, 0.05) is 36.8 Å². The van der Waals surface area contributed by atoms with Crippen LogP contribution in [-0.4, -0.2) is 27.7 Å². The molecular formula is C22H21N5O4S. The zero-order chi connectivity index (χ0) is 22.5. The number of amides is 2. The molecule has 0 aliphatic heterocycles.